The van der Waals surface area contributed by atoms with Gasteiger partial charge in [-0.05, 0) is 0 Å². The van der Waals surface area contributed by atoms with Crippen molar-refractivity contribution in [2.45, 2.75) is 160 Å². The third kappa shape index (κ3) is 92.2. The second kappa shape index (κ2) is 96.9. The quantitative estimate of drug-likeness (QED) is 0.0989. The number of hydrogen-bond acceptors (Lipinski definition) is 6. The molecule has 1 radical (unpaired) electrons. The summed E-state index contributed by atoms with van der Waals surface area (Å²) in [5, 5.41) is 37.5. The van der Waals surface area contributed by atoms with Gasteiger partial charge < -0.3 is 71.0 Å². The maximum Gasteiger partial charge on any atom is 3.00 e. The van der Waals surface area contributed by atoms with Crippen LogP contribution in [0.5, 0.6) is 0 Å². The van der Waals surface area contributed by atoms with E-state index in [9.17, 15) is 0 Å². The molecule has 0 unspecified atom stereocenters. The molecule has 43 heavy (non-hydrogen) atoms. The zero-order valence-electron chi connectivity index (χ0n) is 29.3. The first-order valence-electron chi connectivity index (χ1n) is 15.4. The molecule has 0 aromatic rings. The van der Waals surface area contributed by atoms with Gasteiger partial charge in [-0.1, -0.05) is 0 Å². The molecule has 0 spiro atoms. The van der Waals surface area contributed by atoms with E-state index < -0.39 is 59.3 Å². The SMILES string of the molecule is CC[CH2][Sn+]([CH2]CC)[CH2]CC.CC[CH2][Sn+]([CH2]CC)[CH2]CC.CC[CH2][Sn+]([CH2]CC)[CH2]CC.[C-]#N.[C-]#N.[C-]#N.[C-]#N.[C-]#N.[C-]#N.[Fe+3]. The van der Waals surface area contributed by atoms with Crippen LogP contribution in [-0.2, 0) is 17.1 Å². The average Bonchev–Trinajstić information content (AvgIpc) is 3.05. The van der Waals surface area contributed by atoms with Crippen LogP contribution in [0, 0.1) is 71.0 Å². The van der Waals surface area contributed by atoms with E-state index in [1.165, 1.54) is 57.8 Å². The topological polar surface area (TPSA) is 143 Å². The summed E-state index contributed by atoms with van der Waals surface area (Å²) in [5.41, 5.74) is 0. The molecule has 0 heterocycles. The standard InChI is InChI=1S/9C3H7.6CN.Fe.3Sn/c9*1-3-2;6*1-2;;;;/h9*1,3H2,2H3;;;;;;;;;;/q;;;;;;;;;6*-1;+3;3*+1. The molecule has 0 aliphatic carbocycles. The Hall–Kier alpha value is -0.144. The minimum absolute atomic E-state index is 0. The van der Waals surface area contributed by atoms with Gasteiger partial charge in [-0.3, -0.25) is 0 Å². The average molecular weight is 956 g/mol. The Morgan fingerprint density at radius 1 is 0.256 bits per heavy atom. The molecule has 0 aliphatic rings. The van der Waals surface area contributed by atoms with Crippen molar-refractivity contribution < 1.29 is 17.1 Å². The van der Waals surface area contributed by atoms with Gasteiger partial charge in [0, 0.05) is 0 Å². The van der Waals surface area contributed by atoms with Crippen LogP contribution in [-0.4, -0.2) is 59.3 Å². The molecule has 0 aliphatic heterocycles. The molecule has 0 aromatic carbocycles. The molecule has 10 heteroatoms. The summed E-state index contributed by atoms with van der Waals surface area (Å²) in [4.78, 5) is 0. The third-order valence-corrected chi connectivity index (χ3v) is 36.4. The molecule has 0 bridgehead atoms. The van der Waals surface area contributed by atoms with Gasteiger partial charge >= 0.3 is 236 Å². The fraction of sp³-hybridized carbons (Fsp3) is 0.818. The third-order valence-electron chi connectivity index (χ3n) is 5.43. The van der Waals surface area contributed by atoms with Gasteiger partial charge in [-0.25, -0.2) is 0 Å². The van der Waals surface area contributed by atoms with E-state index in [0.717, 1.165) is 0 Å². The Morgan fingerprint density at radius 3 is 0.372 bits per heavy atom. The summed E-state index contributed by atoms with van der Waals surface area (Å²) in [6, 6.07) is 0. The molecule has 0 saturated heterocycles. The first kappa shape index (κ1) is 69.5. The van der Waals surface area contributed by atoms with Crippen molar-refractivity contribution in [3.8, 4) is 0 Å². The van der Waals surface area contributed by atoms with Crippen LogP contribution in [0.4, 0.5) is 0 Å². The largest absolute Gasteiger partial charge is 3.00 e. The summed E-state index contributed by atoms with van der Waals surface area (Å²) >= 11 is -2.28. The summed E-state index contributed by atoms with van der Waals surface area (Å²) in [5.74, 6) is 0. The van der Waals surface area contributed by atoms with Crippen LogP contribution >= 0.6 is 0 Å². The number of hydrogen-bond donors (Lipinski definition) is 0. The molecule has 0 N–H and O–H groups in total. The summed E-state index contributed by atoms with van der Waals surface area (Å²) in [6.07, 6.45) is 13.1. The van der Waals surface area contributed by atoms with Crippen LogP contribution in [0.25, 0.3) is 0 Å². The van der Waals surface area contributed by atoms with E-state index in [0.29, 0.717) is 0 Å². The second-order valence-corrected chi connectivity index (χ2v) is 34.7. The zero-order valence-corrected chi connectivity index (χ0v) is 38.9. The molecule has 0 atom stereocenters. The fourth-order valence-electron chi connectivity index (χ4n) is 4.31. The summed E-state index contributed by atoms with van der Waals surface area (Å²) < 4.78 is 14.8. The Bertz CT molecular complexity index is 380. The van der Waals surface area contributed by atoms with Gasteiger partial charge in [0.15, 0.2) is 0 Å². The molecule has 0 aromatic heterocycles. The Kier molecular flexibility index (Phi) is 157. The van der Waals surface area contributed by atoms with E-state index in [1.807, 2.05) is 0 Å². The Balaban J connectivity index is -0.0000000398. The van der Waals surface area contributed by atoms with E-state index >= 15 is 0 Å². The molecule has 0 saturated carbocycles. The first-order chi connectivity index (χ1) is 20.5. The van der Waals surface area contributed by atoms with Crippen molar-refractivity contribution in [3.05, 3.63) is 39.4 Å². The molecule has 6 nitrogen and oxygen atoms in total. The van der Waals surface area contributed by atoms with Crippen LogP contribution in [0.3, 0.4) is 0 Å². The molecular formula is C33H63FeN6Sn3. The summed E-state index contributed by atoms with van der Waals surface area (Å²) in [7, 11) is 0. The van der Waals surface area contributed by atoms with Crippen molar-refractivity contribution in [1.82, 2.24) is 0 Å². The summed E-state index contributed by atoms with van der Waals surface area (Å²) in [6.45, 7) is 49.6. The van der Waals surface area contributed by atoms with Crippen molar-refractivity contribution in [2.75, 3.05) is 0 Å². The van der Waals surface area contributed by atoms with Gasteiger partial charge in [0.25, 0.3) is 0 Å². The van der Waals surface area contributed by atoms with Crippen LogP contribution in [0.2, 0.25) is 39.9 Å². The second-order valence-electron chi connectivity index (χ2n) is 9.00. The van der Waals surface area contributed by atoms with Gasteiger partial charge in [-0.15, -0.1) is 0 Å². The van der Waals surface area contributed by atoms with Crippen molar-refractivity contribution in [2.24, 2.45) is 0 Å². The first-order valence-corrected chi connectivity index (χ1v) is 33.6. The molecule has 0 fully saturated rings. The van der Waals surface area contributed by atoms with Gasteiger partial charge in [0.1, 0.15) is 0 Å². The van der Waals surface area contributed by atoms with Crippen molar-refractivity contribution in [1.29, 1.82) is 31.6 Å². The monoisotopic (exact) mass is 959 g/mol. The fourth-order valence-corrected chi connectivity index (χ4v) is 28.9. The Labute approximate surface area is 304 Å². The normalized spacial score (nSPS) is 7.19. The van der Waals surface area contributed by atoms with Gasteiger partial charge in [0.05, 0.1) is 0 Å². The predicted molar refractivity (Wildman–Crippen MR) is 183 cm³/mol. The van der Waals surface area contributed by atoms with E-state index in [2.05, 4.69) is 62.3 Å². The van der Waals surface area contributed by atoms with Crippen LogP contribution in [0.1, 0.15) is 120 Å². The zero-order chi connectivity index (χ0) is 35.5. The predicted octanol–water partition coefficient (Wildman–Crippen LogP) is 11.7. The smallest absolute Gasteiger partial charge is 0.512 e. The van der Waals surface area contributed by atoms with Crippen molar-refractivity contribution >= 4 is 59.3 Å². The molecular weight excluding hydrogens is 892 g/mol. The van der Waals surface area contributed by atoms with Crippen molar-refractivity contribution in [3.63, 3.8) is 0 Å². The van der Waals surface area contributed by atoms with Gasteiger partial charge in [-0.2, -0.15) is 0 Å². The molecule has 0 rings (SSSR count). The molecule has 245 valence electrons. The van der Waals surface area contributed by atoms with Gasteiger partial charge in [0.2, 0.25) is 0 Å². The van der Waals surface area contributed by atoms with E-state index in [1.54, 1.807) is 39.9 Å². The number of nitrogens with zero attached hydrogens (tertiary/aromatic N) is 6. The Morgan fingerprint density at radius 2 is 0.326 bits per heavy atom. The minimum atomic E-state index is -0.759. The van der Waals surface area contributed by atoms with E-state index in [4.69, 9.17) is 71.0 Å². The van der Waals surface area contributed by atoms with E-state index in [-0.39, 0.29) is 17.1 Å². The van der Waals surface area contributed by atoms with Crippen LogP contribution < -0.4 is 0 Å². The molecule has 0 amide bonds. The minimum Gasteiger partial charge on any atom is -0.512 e. The maximum absolute atomic E-state index is 6.25. The van der Waals surface area contributed by atoms with Crippen LogP contribution in [0.15, 0.2) is 0 Å². The maximum atomic E-state index is 6.25. The number of rotatable bonds is 18.